The molecular weight excluding hydrogens is 788 g/mol. The summed E-state index contributed by atoms with van der Waals surface area (Å²) in [5, 5.41) is 18.3. The third kappa shape index (κ3) is 4.85. The summed E-state index contributed by atoms with van der Waals surface area (Å²) in [6.07, 6.45) is 19.3. The van der Waals surface area contributed by atoms with Crippen LogP contribution in [0.15, 0.2) is 163 Å². The smallest absolute Gasteiger partial charge is 0.333 e. The molecule has 0 N–H and O–H groups in total. The van der Waals surface area contributed by atoms with Gasteiger partial charge < -0.3 is 18.7 Å². The number of allylic oxidation sites excluding steroid dienone is 5. The predicted molar refractivity (Wildman–Crippen MR) is 185 cm³/mol. The van der Waals surface area contributed by atoms with Crippen LogP contribution in [0.25, 0.3) is 22.4 Å². The van der Waals surface area contributed by atoms with E-state index in [1.165, 1.54) is 16.7 Å². The summed E-state index contributed by atoms with van der Waals surface area (Å²) in [6, 6.07) is 45.3. The Balaban J connectivity index is 0.000000156. The molecule has 0 bridgehead atoms. The predicted octanol–water partition coefficient (Wildman–Crippen LogP) is 6.16. The minimum absolute atomic E-state index is 0. The van der Waals surface area contributed by atoms with Crippen LogP contribution in [0.1, 0.15) is 33.6 Å². The number of nitrogens with zero attached hydrogens (tertiary/aromatic N) is 5. The van der Waals surface area contributed by atoms with Crippen molar-refractivity contribution in [1.29, 1.82) is 10.5 Å². The van der Waals surface area contributed by atoms with Crippen molar-refractivity contribution in [3.05, 3.63) is 222 Å². The first-order valence-corrected chi connectivity index (χ1v) is 16.3. The molecule has 3 aromatic carbocycles. The standard InChI is InChI=1S/C23H13N2.C22H13N3.2Y/c1-2-17-14-18-7-5-6-12-25(18)23(17)21-9-4-3-8-19(21)20-13-16(15-24)10-11-22(20)23;23-13-7-8-17-16-18-9-3-5-14-24(18)22(17)20-11-2-1-10-19(20)21-12-4-6-15-25(21)22;;/h1-13H;1-6,8-12,14-15H;;/q-1;;;. The fourth-order valence-corrected chi connectivity index (χ4v) is 8.27. The Bertz CT molecular complexity index is 2580. The van der Waals surface area contributed by atoms with Crippen LogP contribution in [0, 0.1) is 47.5 Å². The van der Waals surface area contributed by atoms with Gasteiger partial charge in [-0.2, -0.15) is 27.6 Å². The van der Waals surface area contributed by atoms with Gasteiger partial charge in [-0.25, -0.2) is 21.5 Å². The Hall–Kier alpha value is -4.74. The largest absolute Gasteiger partial charge is 0.360 e. The van der Waals surface area contributed by atoms with Gasteiger partial charge >= 0.3 is 5.66 Å². The second-order valence-corrected chi connectivity index (χ2v) is 12.4. The molecule has 3 aromatic heterocycles. The van der Waals surface area contributed by atoms with Crippen LogP contribution in [-0.2, 0) is 76.6 Å². The van der Waals surface area contributed by atoms with E-state index in [9.17, 15) is 5.26 Å². The van der Waals surface area contributed by atoms with E-state index in [2.05, 4.69) is 105 Å². The molecule has 52 heavy (non-hydrogen) atoms. The zero-order valence-corrected chi connectivity index (χ0v) is 33.6. The first kappa shape index (κ1) is 35.7. The molecule has 7 heteroatoms. The molecule has 6 heterocycles. The first-order valence-electron chi connectivity index (χ1n) is 16.3. The Morgan fingerprint density at radius 1 is 0.615 bits per heavy atom. The van der Waals surface area contributed by atoms with Gasteiger partial charge in [0.05, 0.1) is 34.1 Å². The fourth-order valence-electron chi connectivity index (χ4n) is 8.27. The Kier molecular flexibility index (Phi) is 9.60. The minimum Gasteiger partial charge on any atom is -0.360 e. The molecule has 1 aliphatic carbocycles. The maximum atomic E-state index is 9.33. The molecule has 0 saturated heterocycles. The van der Waals surface area contributed by atoms with E-state index in [4.69, 9.17) is 11.8 Å². The van der Waals surface area contributed by atoms with E-state index in [0.29, 0.717) is 5.56 Å². The minimum atomic E-state index is -0.576. The molecular formula is C45H26N5Y2-. The average Bonchev–Trinajstić information content (AvgIpc) is 3.88. The molecule has 0 fully saturated rings. The molecule has 2 unspecified atom stereocenters. The van der Waals surface area contributed by atoms with Gasteiger partial charge in [0.2, 0.25) is 5.69 Å². The second kappa shape index (κ2) is 14.0. The number of hydrogen-bond acceptors (Lipinski definition) is 2. The van der Waals surface area contributed by atoms with E-state index in [1.807, 2.05) is 78.9 Å². The van der Waals surface area contributed by atoms with Gasteiger partial charge in [0, 0.05) is 88.7 Å². The third-order valence-corrected chi connectivity index (χ3v) is 10.1. The summed E-state index contributed by atoms with van der Waals surface area (Å²) in [5.41, 5.74) is 11.4. The second-order valence-electron chi connectivity index (χ2n) is 12.4. The number of rotatable bonds is 2. The Labute approximate surface area is 353 Å². The van der Waals surface area contributed by atoms with Gasteiger partial charge in [0.1, 0.15) is 0 Å². The van der Waals surface area contributed by atoms with E-state index in [-0.39, 0.29) is 65.4 Å². The van der Waals surface area contributed by atoms with Gasteiger partial charge in [0.15, 0.2) is 24.1 Å². The van der Waals surface area contributed by atoms with Crippen LogP contribution in [0.5, 0.6) is 0 Å². The van der Waals surface area contributed by atoms with Gasteiger partial charge in [-0.3, -0.25) is 0 Å². The Morgan fingerprint density at radius 2 is 1.21 bits per heavy atom. The number of aromatic nitrogens is 3. The van der Waals surface area contributed by atoms with E-state index < -0.39 is 11.2 Å². The first-order chi connectivity index (χ1) is 24.7. The summed E-state index contributed by atoms with van der Waals surface area (Å²) in [6.45, 7) is 6.05. The van der Waals surface area contributed by atoms with Crippen molar-refractivity contribution in [3.63, 3.8) is 0 Å². The van der Waals surface area contributed by atoms with Crippen LogP contribution in [0.3, 0.4) is 0 Å². The molecule has 2 atom stereocenters. The molecule has 3 aliphatic heterocycles. The summed E-state index contributed by atoms with van der Waals surface area (Å²) in [5.74, 6) is 0. The number of hydrogen-bond donors (Lipinski definition) is 0. The third-order valence-electron chi connectivity index (χ3n) is 10.1. The van der Waals surface area contributed by atoms with E-state index in [0.717, 1.165) is 44.9 Å². The normalized spacial score (nSPS) is 18.4. The molecule has 10 rings (SSSR count). The molecule has 4 aliphatic rings. The van der Waals surface area contributed by atoms with Crippen LogP contribution in [-0.4, -0.2) is 0 Å². The van der Waals surface area contributed by atoms with Crippen molar-refractivity contribution >= 4 is 0 Å². The van der Waals surface area contributed by atoms with Crippen LogP contribution in [0.2, 0.25) is 0 Å². The zero-order chi connectivity index (χ0) is 33.9. The van der Waals surface area contributed by atoms with Crippen molar-refractivity contribution in [2.45, 2.75) is 11.2 Å². The van der Waals surface area contributed by atoms with Gasteiger partial charge in [0.25, 0.3) is 0 Å². The Morgan fingerprint density at radius 3 is 1.94 bits per heavy atom. The average molecular weight is 815 g/mol. The van der Waals surface area contributed by atoms with Gasteiger partial charge in [-0.1, -0.05) is 54.6 Å². The van der Waals surface area contributed by atoms with Crippen molar-refractivity contribution in [2.75, 3.05) is 0 Å². The van der Waals surface area contributed by atoms with Crippen molar-refractivity contribution < 1.29 is 79.1 Å². The summed E-state index contributed by atoms with van der Waals surface area (Å²) >= 11 is 0. The number of fused-ring (bicyclic) bond motifs is 14. The molecule has 2 spiro atoms. The van der Waals surface area contributed by atoms with Crippen LogP contribution in [0.4, 0.5) is 0 Å². The topological polar surface area (TPSA) is 59.2 Å². The van der Waals surface area contributed by atoms with Gasteiger partial charge in [-0.15, -0.1) is 16.7 Å². The van der Waals surface area contributed by atoms with E-state index >= 15 is 0 Å². The summed E-state index contributed by atoms with van der Waals surface area (Å²) in [4.78, 5) is 0. The van der Waals surface area contributed by atoms with Gasteiger partial charge in [-0.05, 0) is 59.7 Å². The van der Waals surface area contributed by atoms with Crippen molar-refractivity contribution in [1.82, 2.24) is 0 Å². The fraction of sp³-hybridized carbons (Fsp3) is 0.0444. The van der Waals surface area contributed by atoms with Crippen molar-refractivity contribution in [2.24, 2.45) is 0 Å². The maximum Gasteiger partial charge on any atom is 0.333 e. The molecule has 238 valence electrons. The molecule has 0 saturated carbocycles. The molecule has 5 nitrogen and oxygen atoms in total. The SMILES string of the molecule is N#C[C-]=CC1=[C-]c2cccc[n+]2C12c1ccccc1-c1cccc[n+]12.[CH-]=CC1=[C-]c2cccc[n+]2C12c1ccccc1-c1cc(C#N)ccc12.[Y].[Y]. The van der Waals surface area contributed by atoms with Crippen LogP contribution < -0.4 is 13.7 Å². The quantitative estimate of drug-likeness (QED) is 0.120. The molecule has 0 amide bonds. The monoisotopic (exact) mass is 814 g/mol. The van der Waals surface area contributed by atoms with Crippen molar-refractivity contribution in [3.8, 4) is 34.5 Å². The summed E-state index contributed by atoms with van der Waals surface area (Å²) < 4.78 is 6.70. The number of nitriles is 2. The van der Waals surface area contributed by atoms with Crippen LogP contribution >= 0.6 is 0 Å². The number of benzene rings is 3. The summed E-state index contributed by atoms with van der Waals surface area (Å²) in [7, 11) is 0. The maximum absolute atomic E-state index is 9.33. The number of pyridine rings is 3. The molecule has 2 radical (unpaired) electrons. The van der Waals surface area contributed by atoms with E-state index in [1.54, 1.807) is 12.2 Å². The molecule has 6 aromatic rings. The zero-order valence-electron chi connectivity index (χ0n) is 27.9.